The molecular formula is C32H31Cl2N3O4S. The molecule has 0 aliphatic carbocycles. The van der Waals surface area contributed by atoms with Crippen LogP contribution >= 0.6 is 23.2 Å². The van der Waals surface area contributed by atoms with E-state index in [2.05, 4.69) is 5.32 Å². The minimum Gasteiger partial charge on any atom is -0.357 e. The molecule has 0 aliphatic heterocycles. The van der Waals surface area contributed by atoms with Crippen LogP contribution in [0.1, 0.15) is 16.7 Å². The summed E-state index contributed by atoms with van der Waals surface area (Å²) < 4.78 is 29.0. The number of sulfonamides is 1. The Morgan fingerprint density at radius 3 is 2.12 bits per heavy atom. The number of hydrogen-bond acceptors (Lipinski definition) is 4. The molecule has 218 valence electrons. The molecule has 0 aliphatic rings. The molecule has 2 amide bonds. The zero-order chi connectivity index (χ0) is 30.3. The highest BCUT2D eigenvalue weighted by Gasteiger charge is 2.35. The predicted molar refractivity (Wildman–Crippen MR) is 167 cm³/mol. The van der Waals surface area contributed by atoms with Gasteiger partial charge >= 0.3 is 0 Å². The van der Waals surface area contributed by atoms with E-state index in [0.29, 0.717) is 10.6 Å². The van der Waals surface area contributed by atoms with E-state index in [1.165, 1.54) is 24.1 Å². The number of benzene rings is 4. The summed E-state index contributed by atoms with van der Waals surface area (Å²) in [6, 6.07) is 28.1. The molecule has 1 N–H and O–H groups in total. The van der Waals surface area contributed by atoms with Gasteiger partial charge in [-0.15, -0.1) is 0 Å². The lowest BCUT2D eigenvalue weighted by Gasteiger charge is -2.33. The van der Waals surface area contributed by atoms with Crippen LogP contribution in [0.3, 0.4) is 0 Å². The smallest absolute Gasteiger partial charge is 0.264 e. The van der Waals surface area contributed by atoms with Crippen LogP contribution in [0.5, 0.6) is 0 Å². The molecule has 4 aromatic rings. The van der Waals surface area contributed by atoms with Crippen LogP contribution in [0.2, 0.25) is 10.0 Å². The second-order valence-electron chi connectivity index (χ2n) is 9.75. The minimum absolute atomic E-state index is 0.00866. The molecule has 0 radical (unpaired) electrons. The zero-order valence-corrected chi connectivity index (χ0v) is 25.5. The fourth-order valence-electron chi connectivity index (χ4n) is 4.56. The summed E-state index contributed by atoms with van der Waals surface area (Å²) in [7, 11) is -2.73. The fraction of sp³-hybridized carbons (Fsp3) is 0.188. The fourth-order valence-corrected chi connectivity index (χ4v) is 6.49. The van der Waals surface area contributed by atoms with E-state index in [1.807, 2.05) is 37.3 Å². The van der Waals surface area contributed by atoms with E-state index in [0.717, 1.165) is 15.4 Å². The summed E-state index contributed by atoms with van der Waals surface area (Å²) in [4.78, 5) is 29.0. The highest BCUT2D eigenvalue weighted by atomic mass is 35.5. The molecule has 0 unspecified atom stereocenters. The summed E-state index contributed by atoms with van der Waals surface area (Å²) in [5.74, 6) is -0.977. The lowest BCUT2D eigenvalue weighted by atomic mass is 10.0. The van der Waals surface area contributed by atoms with Gasteiger partial charge in [0, 0.05) is 25.0 Å². The third-order valence-corrected chi connectivity index (χ3v) is 9.10. The Morgan fingerprint density at radius 1 is 0.833 bits per heavy atom. The van der Waals surface area contributed by atoms with Crippen LogP contribution in [-0.2, 0) is 32.6 Å². The molecular weight excluding hydrogens is 593 g/mol. The van der Waals surface area contributed by atoms with Crippen LogP contribution < -0.4 is 9.62 Å². The van der Waals surface area contributed by atoms with E-state index >= 15 is 0 Å². The standard InChI is InChI=1S/C32H31Cl2N3O4S/c1-23-15-17-27(18-16-23)42(40,41)37(29-14-7-6-13-28(29)34)22-31(38)36(21-25-11-8-12-26(33)19-25)30(32(39)35-2)20-24-9-4-3-5-10-24/h3-19,30H,20-22H2,1-2H3,(H,35,39)/t30-/m1/s1. The number of rotatable bonds is 11. The number of aryl methyl sites for hydroxylation is 1. The summed E-state index contributed by atoms with van der Waals surface area (Å²) in [5.41, 5.74) is 2.56. The molecule has 0 bridgehead atoms. The van der Waals surface area contributed by atoms with Gasteiger partial charge in [-0.3, -0.25) is 13.9 Å². The normalized spacial score (nSPS) is 11.9. The van der Waals surface area contributed by atoms with Gasteiger partial charge < -0.3 is 10.2 Å². The topological polar surface area (TPSA) is 86.8 Å². The summed E-state index contributed by atoms with van der Waals surface area (Å²) in [6.07, 6.45) is 0.212. The molecule has 42 heavy (non-hydrogen) atoms. The minimum atomic E-state index is -4.23. The molecule has 1 atom stereocenters. The first-order valence-electron chi connectivity index (χ1n) is 13.2. The van der Waals surface area contributed by atoms with Gasteiger partial charge in [-0.05, 0) is 54.4 Å². The van der Waals surface area contributed by atoms with Gasteiger partial charge in [-0.2, -0.15) is 0 Å². The second kappa shape index (κ2) is 13.9. The average Bonchev–Trinajstić information content (AvgIpc) is 2.98. The van der Waals surface area contributed by atoms with E-state index in [9.17, 15) is 18.0 Å². The molecule has 0 fully saturated rings. The Labute approximate surface area is 256 Å². The van der Waals surface area contributed by atoms with Crippen molar-refractivity contribution in [1.29, 1.82) is 0 Å². The number of likely N-dealkylation sites (N-methyl/N-ethyl adjacent to an activating group) is 1. The number of carbonyl (C=O) groups is 2. The number of carbonyl (C=O) groups excluding carboxylic acids is 2. The van der Waals surface area contributed by atoms with E-state index in [4.69, 9.17) is 23.2 Å². The van der Waals surface area contributed by atoms with Gasteiger partial charge in [-0.1, -0.05) is 95.5 Å². The van der Waals surface area contributed by atoms with Crippen molar-refractivity contribution < 1.29 is 18.0 Å². The molecule has 0 spiro atoms. The Hall–Kier alpha value is -3.85. The van der Waals surface area contributed by atoms with Gasteiger partial charge in [0.25, 0.3) is 10.0 Å². The number of amides is 2. The summed E-state index contributed by atoms with van der Waals surface area (Å²) in [6.45, 7) is 1.28. The van der Waals surface area contributed by atoms with Gasteiger partial charge in [0.15, 0.2) is 0 Å². The van der Waals surface area contributed by atoms with Gasteiger partial charge in [-0.25, -0.2) is 8.42 Å². The summed E-state index contributed by atoms with van der Waals surface area (Å²) in [5, 5.41) is 3.29. The molecule has 0 saturated carbocycles. The van der Waals surface area contributed by atoms with Crippen molar-refractivity contribution in [3.8, 4) is 0 Å². The number of anilines is 1. The molecule has 0 saturated heterocycles. The van der Waals surface area contributed by atoms with Crippen molar-refractivity contribution in [3.63, 3.8) is 0 Å². The van der Waals surface area contributed by atoms with E-state index in [-0.39, 0.29) is 34.5 Å². The van der Waals surface area contributed by atoms with Crippen molar-refractivity contribution in [2.24, 2.45) is 0 Å². The van der Waals surface area contributed by atoms with Crippen molar-refractivity contribution in [2.75, 3.05) is 17.9 Å². The number of nitrogens with one attached hydrogen (secondary N) is 1. The Bertz CT molecular complexity index is 1650. The maximum Gasteiger partial charge on any atom is 0.264 e. The Kier molecular flexibility index (Phi) is 10.3. The lowest BCUT2D eigenvalue weighted by molar-refractivity contribution is -0.139. The zero-order valence-electron chi connectivity index (χ0n) is 23.2. The molecule has 7 nitrogen and oxygen atoms in total. The molecule has 0 aromatic heterocycles. The highest BCUT2D eigenvalue weighted by molar-refractivity contribution is 7.92. The van der Waals surface area contributed by atoms with Crippen molar-refractivity contribution in [2.45, 2.75) is 30.8 Å². The van der Waals surface area contributed by atoms with Crippen LogP contribution in [-0.4, -0.2) is 44.8 Å². The second-order valence-corrected chi connectivity index (χ2v) is 12.5. The monoisotopic (exact) mass is 623 g/mol. The van der Waals surface area contributed by atoms with Crippen LogP contribution in [0.15, 0.2) is 108 Å². The average molecular weight is 625 g/mol. The van der Waals surface area contributed by atoms with Crippen molar-refractivity contribution >= 4 is 50.7 Å². The summed E-state index contributed by atoms with van der Waals surface area (Å²) >= 11 is 12.7. The molecule has 0 heterocycles. The van der Waals surface area contributed by atoms with Gasteiger partial charge in [0.05, 0.1) is 15.6 Å². The van der Waals surface area contributed by atoms with Crippen molar-refractivity contribution in [1.82, 2.24) is 10.2 Å². The van der Waals surface area contributed by atoms with Crippen LogP contribution in [0, 0.1) is 6.92 Å². The third kappa shape index (κ3) is 7.50. The van der Waals surface area contributed by atoms with E-state index < -0.39 is 28.5 Å². The lowest BCUT2D eigenvalue weighted by Crippen LogP contribution is -2.53. The predicted octanol–water partition coefficient (Wildman–Crippen LogP) is 5.88. The number of nitrogens with zero attached hydrogens (tertiary/aromatic N) is 2. The first-order valence-corrected chi connectivity index (χ1v) is 15.4. The molecule has 10 heteroatoms. The highest BCUT2D eigenvalue weighted by Crippen LogP contribution is 2.31. The maximum absolute atomic E-state index is 14.3. The number of halogens is 2. The first kappa shape index (κ1) is 31.1. The SMILES string of the molecule is CNC(=O)[C@@H](Cc1ccccc1)N(Cc1cccc(Cl)c1)C(=O)CN(c1ccccc1Cl)S(=O)(=O)c1ccc(C)cc1. The Balaban J connectivity index is 1.80. The van der Waals surface area contributed by atoms with Gasteiger partial charge in [0.2, 0.25) is 11.8 Å². The largest absolute Gasteiger partial charge is 0.357 e. The van der Waals surface area contributed by atoms with Crippen LogP contribution in [0.25, 0.3) is 0 Å². The van der Waals surface area contributed by atoms with E-state index in [1.54, 1.807) is 60.7 Å². The number of para-hydroxylation sites is 1. The van der Waals surface area contributed by atoms with Crippen LogP contribution in [0.4, 0.5) is 5.69 Å². The third-order valence-electron chi connectivity index (χ3n) is 6.77. The first-order chi connectivity index (χ1) is 20.1. The molecule has 4 rings (SSSR count). The van der Waals surface area contributed by atoms with Gasteiger partial charge in [0.1, 0.15) is 12.6 Å². The quantitative estimate of drug-likeness (QED) is 0.226. The maximum atomic E-state index is 14.3. The van der Waals surface area contributed by atoms with Crippen molar-refractivity contribution in [3.05, 3.63) is 130 Å². The molecule has 4 aromatic carbocycles. The Morgan fingerprint density at radius 2 is 1.48 bits per heavy atom. The number of hydrogen-bond donors (Lipinski definition) is 1.